The highest BCUT2D eigenvalue weighted by Gasteiger charge is 2.33. The SMILES string of the molecule is CC1(C)C=C(c2ccn3cc(-c4c(O)cc(-n5nccn5)cc4F)nc3n2)CC(C)(C)N1. The molecule has 0 saturated carbocycles. The van der Waals surface area contributed by atoms with Crippen LogP contribution in [0.15, 0.2) is 49.1 Å². The quantitative estimate of drug-likeness (QED) is 0.511. The average molecular weight is 433 g/mol. The molecule has 5 rings (SSSR count). The molecule has 164 valence electrons. The standard InChI is InChI=1S/C23H24FN7O/c1-22(2)11-14(12-23(3,4)29-22)17-5-8-30-13-18(28-21(30)27-17)20-16(24)9-15(10-19(20)32)31-25-6-7-26-31/h5-11,13,29,32H,12H2,1-4H3. The molecule has 1 aromatic carbocycles. The zero-order chi connectivity index (χ0) is 22.7. The van der Waals surface area contributed by atoms with Crippen LogP contribution in [0.25, 0.3) is 28.3 Å². The third-order valence-corrected chi connectivity index (χ3v) is 5.44. The van der Waals surface area contributed by atoms with E-state index in [1.165, 1.54) is 29.3 Å². The number of hydrogen-bond acceptors (Lipinski definition) is 6. The van der Waals surface area contributed by atoms with E-state index in [0.29, 0.717) is 17.2 Å². The number of rotatable bonds is 3. The molecule has 1 aliphatic heterocycles. The summed E-state index contributed by atoms with van der Waals surface area (Å²) in [6, 6.07) is 4.61. The zero-order valence-corrected chi connectivity index (χ0v) is 18.3. The van der Waals surface area contributed by atoms with Crippen molar-refractivity contribution in [2.24, 2.45) is 0 Å². The number of benzene rings is 1. The second-order valence-corrected chi connectivity index (χ2v) is 9.36. The highest BCUT2D eigenvalue weighted by atomic mass is 19.1. The zero-order valence-electron chi connectivity index (χ0n) is 18.3. The Labute approximate surface area is 184 Å². The van der Waals surface area contributed by atoms with Crippen LogP contribution in [0.3, 0.4) is 0 Å². The van der Waals surface area contributed by atoms with Crippen molar-refractivity contribution in [2.45, 2.75) is 45.2 Å². The molecule has 4 heterocycles. The number of hydrogen-bond donors (Lipinski definition) is 2. The van der Waals surface area contributed by atoms with E-state index in [1.807, 2.05) is 12.3 Å². The molecule has 0 amide bonds. The first-order chi connectivity index (χ1) is 15.1. The maximum atomic E-state index is 14.9. The lowest BCUT2D eigenvalue weighted by Gasteiger charge is -2.41. The lowest BCUT2D eigenvalue weighted by molar-refractivity contribution is 0.297. The first-order valence-corrected chi connectivity index (χ1v) is 10.4. The van der Waals surface area contributed by atoms with Gasteiger partial charge in [-0.3, -0.25) is 4.40 Å². The Kier molecular flexibility index (Phi) is 4.42. The van der Waals surface area contributed by atoms with E-state index in [-0.39, 0.29) is 22.4 Å². The van der Waals surface area contributed by atoms with Gasteiger partial charge in [-0.1, -0.05) is 6.08 Å². The molecule has 9 heteroatoms. The van der Waals surface area contributed by atoms with Gasteiger partial charge in [0.1, 0.15) is 11.6 Å². The predicted molar refractivity (Wildman–Crippen MR) is 119 cm³/mol. The summed E-state index contributed by atoms with van der Waals surface area (Å²) in [5, 5.41) is 22.1. The van der Waals surface area contributed by atoms with Gasteiger partial charge in [-0.05, 0) is 45.8 Å². The number of aromatic nitrogens is 6. The number of aromatic hydroxyl groups is 1. The summed E-state index contributed by atoms with van der Waals surface area (Å²) in [7, 11) is 0. The van der Waals surface area contributed by atoms with Crippen molar-refractivity contribution in [3.05, 3.63) is 60.6 Å². The monoisotopic (exact) mass is 433 g/mol. The Morgan fingerprint density at radius 3 is 2.47 bits per heavy atom. The summed E-state index contributed by atoms with van der Waals surface area (Å²) < 4.78 is 16.7. The van der Waals surface area contributed by atoms with E-state index in [4.69, 9.17) is 4.98 Å². The number of imidazole rings is 1. The van der Waals surface area contributed by atoms with Gasteiger partial charge < -0.3 is 10.4 Å². The van der Waals surface area contributed by atoms with Crippen molar-refractivity contribution in [3.8, 4) is 22.7 Å². The van der Waals surface area contributed by atoms with Crippen LogP contribution in [0.1, 0.15) is 39.8 Å². The normalized spacial score (nSPS) is 17.5. The topological polar surface area (TPSA) is 93.2 Å². The Balaban J connectivity index is 1.55. The number of halogens is 1. The minimum atomic E-state index is -0.620. The fourth-order valence-corrected chi connectivity index (χ4v) is 4.55. The van der Waals surface area contributed by atoms with Crippen molar-refractivity contribution < 1.29 is 9.50 Å². The second-order valence-electron chi connectivity index (χ2n) is 9.36. The first-order valence-electron chi connectivity index (χ1n) is 10.4. The molecule has 0 radical (unpaired) electrons. The molecule has 0 unspecified atom stereocenters. The van der Waals surface area contributed by atoms with E-state index in [1.54, 1.807) is 10.6 Å². The van der Waals surface area contributed by atoms with Gasteiger partial charge in [-0.25, -0.2) is 14.4 Å². The summed E-state index contributed by atoms with van der Waals surface area (Å²) in [5.74, 6) is -0.430. The Morgan fingerprint density at radius 2 is 1.78 bits per heavy atom. The molecule has 1 aliphatic rings. The maximum absolute atomic E-state index is 14.9. The van der Waals surface area contributed by atoms with Crippen molar-refractivity contribution in [1.82, 2.24) is 34.7 Å². The molecule has 0 aliphatic carbocycles. The van der Waals surface area contributed by atoms with Gasteiger partial charge in [0.25, 0.3) is 0 Å². The molecule has 0 bridgehead atoms. The highest BCUT2D eigenvalue weighted by molar-refractivity contribution is 5.72. The van der Waals surface area contributed by atoms with Crippen LogP contribution in [-0.4, -0.2) is 45.5 Å². The van der Waals surface area contributed by atoms with Crippen LogP contribution in [0.5, 0.6) is 5.75 Å². The third-order valence-electron chi connectivity index (χ3n) is 5.44. The number of phenols is 1. The average Bonchev–Trinajstić information content (AvgIpc) is 3.34. The largest absolute Gasteiger partial charge is 0.507 e. The minimum absolute atomic E-state index is 0.0105. The van der Waals surface area contributed by atoms with Gasteiger partial charge in [-0.2, -0.15) is 15.0 Å². The summed E-state index contributed by atoms with van der Waals surface area (Å²) in [6.45, 7) is 8.60. The summed E-state index contributed by atoms with van der Waals surface area (Å²) in [6.07, 6.45) is 9.48. The Morgan fingerprint density at radius 1 is 1.06 bits per heavy atom. The van der Waals surface area contributed by atoms with Gasteiger partial charge in [0.2, 0.25) is 5.78 Å². The van der Waals surface area contributed by atoms with Gasteiger partial charge in [0.15, 0.2) is 0 Å². The Hall–Kier alpha value is -3.59. The van der Waals surface area contributed by atoms with Crippen molar-refractivity contribution in [2.75, 3.05) is 0 Å². The van der Waals surface area contributed by atoms with E-state index in [0.717, 1.165) is 17.7 Å². The minimum Gasteiger partial charge on any atom is -0.507 e. The molecule has 3 aromatic heterocycles. The van der Waals surface area contributed by atoms with Gasteiger partial charge in [0, 0.05) is 35.6 Å². The van der Waals surface area contributed by atoms with E-state index in [9.17, 15) is 9.50 Å². The number of fused-ring (bicyclic) bond motifs is 1. The third kappa shape index (κ3) is 3.64. The van der Waals surface area contributed by atoms with E-state index < -0.39 is 5.82 Å². The molecule has 8 nitrogen and oxygen atoms in total. The summed E-state index contributed by atoms with van der Waals surface area (Å²) in [5.41, 5.74) is 2.37. The highest BCUT2D eigenvalue weighted by Crippen LogP contribution is 2.35. The number of nitrogens with zero attached hydrogens (tertiary/aromatic N) is 6. The molecule has 0 atom stereocenters. The fraction of sp³-hybridized carbons (Fsp3) is 0.304. The molecule has 32 heavy (non-hydrogen) atoms. The van der Waals surface area contributed by atoms with Gasteiger partial charge >= 0.3 is 0 Å². The molecule has 2 N–H and O–H groups in total. The molecular formula is C23H24FN7O. The van der Waals surface area contributed by atoms with Crippen LogP contribution in [0.4, 0.5) is 4.39 Å². The lowest BCUT2D eigenvalue weighted by atomic mass is 9.82. The molecule has 0 saturated heterocycles. The van der Waals surface area contributed by atoms with Gasteiger partial charge in [-0.15, -0.1) is 0 Å². The van der Waals surface area contributed by atoms with Crippen LogP contribution >= 0.6 is 0 Å². The first kappa shape index (κ1) is 20.3. The van der Waals surface area contributed by atoms with Crippen LogP contribution in [0.2, 0.25) is 0 Å². The van der Waals surface area contributed by atoms with Crippen molar-refractivity contribution in [3.63, 3.8) is 0 Å². The van der Waals surface area contributed by atoms with Crippen LogP contribution in [0, 0.1) is 5.82 Å². The van der Waals surface area contributed by atoms with Crippen LogP contribution < -0.4 is 5.32 Å². The molecule has 0 spiro atoms. The lowest BCUT2D eigenvalue weighted by Crippen LogP contribution is -2.53. The molecule has 0 fully saturated rings. The number of nitrogens with one attached hydrogen (secondary N) is 1. The smallest absolute Gasteiger partial charge is 0.234 e. The predicted octanol–water partition coefficient (Wildman–Crippen LogP) is 3.76. The van der Waals surface area contributed by atoms with Crippen molar-refractivity contribution in [1.29, 1.82) is 0 Å². The second kappa shape index (κ2) is 6.96. The van der Waals surface area contributed by atoms with Crippen LogP contribution in [-0.2, 0) is 0 Å². The molecule has 4 aromatic rings. The number of phenolic OH excluding ortho intramolecular Hbond substituents is 1. The van der Waals surface area contributed by atoms with E-state index >= 15 is 0 Å². The molecular weight excluding hydrogens is 409 g/mol. The Bertz CT molecular complexity index is 1330. The van der Waals surface area contributed by atoms with E-state index in [2.05, 4.69) is 54.3 Å². The van der Waals surface area contributed by atoms with Gasteiger partial charge in [0.05, 0.1) is 35.0 Å². The summed E-state index contributed by atoms with van der Waals surface area (Å²) in [4.78, 5) is 10.5. The van der Waals surface area contributed by atoms with Crippen molar-refractivity contribution >= 4 is 11.4 Å². The maximum Gasteiger partial charge on any atom is 0.234 e. The fourth-order valence-electron chi connectivity index (χ4n) is 4.55. The summed E-state index contributed by atoms with van der Waals surface area (Å²) >= 11 is 0.